The summed E-state index contributed by atoms with van der Waals surface area (Å²) in [5.74, 6) is 2.79. The van der Waals surface area contributed by atoms with Gasteiger partial charge < -0.3 is 34.3 Å². The monoisotopic (exact) mass is 528 g/mol. The molecule has 0 aliphatic carbocycles. The van der Waals surface area contributed by atoms with Crippen LogP contribution in [0.1, 0.15) is 6.92 Å². The first kappa shape index (κ1) is 26.0. The van der Waals surface area contributed by atoms with Gasteiger partial charge in [0.1, 0.15) is 11.3 Å². The molecule has 0 amide bonds. The summed E-state index contributed by atoms with van der Waals surface area (Å²) in [6, 6.07) is 3.60. The number of aryl methyl sites for hydroxylation is 1. The summed E-state index contributed by atoms with van der Waals surface area (Å²) in [5.41, 5.74) is 7.43. The molecule has 5 rings (SSSR count). The average Bonchev–Trinajstić information content (AvgIpc) is 2.92. The number of rotatable bonds is 6. The van der Waals surface area contributed by atoms with Gasteiger partial charge in [-0.3, -0.25) is 4.79 Å². The minimum atomic E-state index is -0.0814. The third-order valence-corrected chi connectivity index (χ3v) is 6.41. The van der Waals surface area contributed by atoms with Crippen molar-refractivity contribution >= 4 is 51.9 Å². The number of benzene rings is 1. The maximum atomic E-state index is 12.5. The van der Waals surface area contributed by atoms with Gasteiger partial charge in [0.05, 0.1) is 37.6 Å². The molecule has 1 aliphatic heterocycles. The molecule has 0 spiro atoms. The van der Waals surface area contributed by atoms with E-state index in [1.165, 1.54) is 0 Å². The van der Waals surface area contributed by atoms with Crippen LogP contribution < -0.4 is 35.3 Å². The van der Waals surface area contributed by atoms with Crippen LogP contribution in [-0.4, -0.2) is 72.0 Å². The number of hydrogen-bond acceptors (Lipinski definition) is 11. The first-order chi connectivity index (χ1) is 17.5. The molecule has 4 aromatic rings. The number of nitrogens with two attached hydrogens (primary N) is 1. The molecule has 0 radical (unpaired) electrons. The molecule has 0 saturated carbocycles. The van der Waals surface area contributed by atoms with Crippen molar-refractivity contribution in [3.8, 4) is 17.2 Å². The zero-order valence-electron chi connectivity index (χ0n) is 21.1. The molecular formula is C24H29ClN8O4. The lowest BCUT2D eigenvalue weighted by atomic mass is 10.2. The highest BCUT2D eigenvalue weighted by Gasteiger charge is 2.25. The second-order valence-corrected chi connectivity index (χ2v) is 8.30. The summed E-state index contributed by atoms with van der Waals surface area (Å²) < 4.78 is 18.2. The van der Waals surface area contributed by atoms with Gasteiger partial charge in [0.2, 0.25) is 17.6 Å². The van der Waals surface area contributed by atoms with Crippen molar-refractivity contribution in [3.63, 3.8) is 0 Å². The van der Waals surface area contributed by atoms with Crippen molar-refractivity contribution in [1.82, 2.24) is 24.5 Å². The Balaban J connectivity index is 0.00000320. The Bertz CT molecular complexity index is 1500. The van der Waals surface area contributed by atoms with Gasteiger partial charge in [-0.05, 0) is 19.1 Å². The van der Waals surface area contributed by atoms with Gasteiger partial charge in [-0.1, -0.05) is 0 Å². The maximum Gasteiger partial charge on any atom is 0.261 e. The fourth-order valence-corrected chi connectivity index (χ4v) is 4.45. The molecule has 1 saturated heterocycles. The van der Waals surface area contributed by atoms with E-state index in [0.29, 0.717) is 89.5 Å². The van der Waals surface area contributed by atoms with E-state index in [4.69, 9.17) is 24.9 Å². The quantitative estimate of drug-likeness (QED) is 0.394. The predicted molar refractivity (Wildman–Crippen MR) is 145 cm³/mol. The Morgan fingerprint density at radius 1 is 0.919 bits per heavy atom. The number of nitrogen functional groups attached to an aromatic ring is 1. The van der Waals surface area contributed by atoms with Gasteiger partial charge in [-0.25, -0.2) is 15.0 Å². The van der Waals surface area contributed by atoms with Gasteiger partial charge >= 0.3 is 0 Å². The average molecular weight is 529 g/mol. The van der Waals surface area contributed by atoms with E-state index in [-0.39, 0.29) is 18.0 Å². The van der Waals surface area contributed by atoms with E-state index in [1.807, 2.05) is 13.0 Å². The Kier molecular flexibility index (Phi) is 7.39. The molecule has 0 unspecified atom stereocenters. The first-order valence-electron chi connectivity index (χ1n) is 11.6. The Morgan fingerprint density at radius 2 is 1.59 bits per heavy atom. The van der Waals surface area contributed by atoms with Gasteiger partial charge in [0.25, 0.3) is 5.56 Å². The van der Waals surface area contributed by atoms with E-state index in [1.54, 1.807) is 44.4 Å². The number of fused-ring (bicyclic) bond motifs is 2. The summed E-state index contributed by atoms with van der Waals surface area (Å²) in [6.45, 7) is 5.12. The molecule has 3 aromatic heterocycles. The molecule has 0 bridgehead atoms. The number of pyridine rings is 1. The lowest BCUT2D eigenvalue weighted by molar-refractivity contribution is 0.327. The predicted octanol–water partition coefficient (Wildman–Crippen LogP) is 2.11. The fourth-order valence-electron chi connectivity index (χ4n) is 4.45. The lowest BCUT2D eigenvalue weighted by Crippen LogP contribution is -2.47. The smallest absolute Gasteiger partial charge is 0.261 e. The third-order valence-electron chi connectivity index (χ3n) is 6.41. The molecule has 0 atom stereocenters. The van der Waals surface area contributed by atoms with Crippen molar-refractivity contribution in [2.75, 3.05) is 63.0 Å². The van der Waals surface area contributed by atoms with Crippen LogP contribution in [0.2, 0.25) is 0 Å². The summed E-state index contributed by atoms with van der Waals surface area (Å²) in [5, 5.41) is 1.14. The van der Waals surface area contributed by atoms with Crippen molar-refractivity contribution in [2.45, 2.75) is 13.5 Å². The lowest BCUT2D eigenvalue weighted by Gasteiger charge is -2.35. The molecule has 1 fully saturated rings. The van der Waals surface area contributed by atoms with E-state index in [9.17, 15) is 4.79 Å². The van der Waals surface area contributed by atoms with Crippen LogP contribution >= 0.6 is 12.4 Å². The minimum absolute atomic E-state index is 0. The van der Waals surface area contributed by atoms with Crippen LogP contribution in [0.25, 0.3) is 21.8 Å². The number of anilines is 3. The van der Waals surface area contributed by atoms with Crippen LogP contribution in [0.3, 0.4) is 0 Å². The topological polar surface area (TPSA) is 134 Å². The fraction of sp³-hybridized carbons (Fsp3) is 0.375. The summed E-state index contributed by atoms with van der Waals surface area (Å²) >= 11 is 0. The minimum Gasteiger partial charge on any atom is -0.493 e. The Morgan fingerprint density at radius 3 is 2.22 bits per heavy atom. The SMILES string of the molecule is CCn1ccc2nc(N3CCN(c4nc(N)c5cc(OC)c(OC)c(OC)c5n4)CC3)ncc2c1=O.Cl. The zero-order chi connectivity index (χ0) is 25.4. The van der Waals surface area contributed by atoms with E-state index < -0.39 is 0 Å². The first-order valence-corrected chi connectivity index (χ1v) is 11.6. The number of halogens is 1. The number of aromatic nitrogens is 5. The van der Waals surface area contributed by atoms with E-state index >= 15 is 0 Å². The van der Waals surface area contributed by atoms with Crippen molar-refractivity contribution < 1.29 is 14.2 Å². The van der Waals surface area contributed by atoms with Gasteiger partial charge in [-0.15, -0.1) is 12.4 Å². The number of piperazine rings is 1. The molecule has 1 aliphatic rings. The highest BCUT2D eigenvalue weighted by Crippen LogP contribution is 2.44. The van der Waals surface area contributed by atoms with Crippen LogP contribution in [0.15, 0.2) is 29.3 Å². The second-order valence-electron chi connectivity index (χ2n) is 8.30. The number of hydrogen-bond donors (Lipinski definition) is 1. The highest BCUT2D eigenvalue weighted by molar-refractivity contribution is 5.97. The largest absolute Gasteiger partial charge is 0.493 e. The summed E-state index contributed by atoms with van der Waals surface area (Å²) in [6.07, 6.45) is 3.37. The number of ether oxygens (including phenoxy) is 3. The summed E-state index contributed by atoms with van der Waals surface area (Å²) in [7, 11) is 4.65. The summed E-state index contributed by atoms with van der Waals surface area (Å²) in [4.78, 5) is 35.1. The van der Waals surface area contributed by atoms with E-state index in [0.717, 1.165) is 0 Å². The normalized spacial score (nSPS) is 13.5. The van der Waals surface area contributed by atoms with E-state index in [2.05, 4.69) is 24.8 Å². The van der Waals surface area contributed by atoms with Gasteiger partial charge in [-0.2, -0.15) is 4.98 Å². The Hall–Kier alpha value is -4.06. The molecule has 196 valence electrons. The van der Waals surface area contributed by atoms with Crippen molar-refractivity contribution in [1.29, 1.82) is 0 Å². The maximum absolute atomic E-state index is 12.5. The van der Waals surface area contributed by atoms with Crippen LogP contribution in [0.5, 0.6) is 17.2 Å². The molecule has 4 heterocycles. The van der Waals surface area contributed by atoms with Crippen LogP contribution in [0.4, 0.5) is 17.7 Å². The van der Waals surface area contributed by atoms with Crippen LogP contribution in [0, 0.1) is 0 Å². The second kappa shape index (κ2) is 10.5. The Labute approximate surface area is 219 Å². The molecule has 1 aromatic carbocycles. The highest BCUT2D eigenvalue weighted by atomic mass is 35.5. The third kappa shape index (κ3) is 4.48. The standard InChI is InChI=1S/C24H28N8O4.ClH/c1-5-30-7-6-16-15(22(30)33)13-26-23(27-16)31-8-10-32(11-9-31)24-28-18-14(21(25)29-24)12-17(34-2)19(35-3)20(18)36-4;/h6-7,12-13H,5,8-11H2,1-4H3,(H2,25,28,29);1H. The number of nitrogens with zero attached hydrogens (tertiary/aromatic N) is 7. The zero-order valence-corrected chi connectivity index (χ0v) is 21.9. The molecular weight excluding hydrogens is 500 g/mol. The molecule has 2 N–H and O–H groups in total. The number of methoxy groups -OCH3 is 3. The van der Waals surface area contributed by atoms with Crippen LogP contribution in [-0.2, 0) is 6.54 Å². The van der Waals surface area contributed by atoms with Crippen molar-refractivity contribution in [3.05, 3.63) is 34.9 Å². The molecule has 12 nitrogen and oxygen atoms in total. The van der Waals surface area contributed by atoms with Gasteiger partial charge in [0.15, 0.2) is 11.5 Å². The molecule has 37 heavy (non-hydrogen) atoms. The van der Waals surface area contributed by atoms with Crippen molar-refractivity contribution in [2.24, 2.45) is 0 Å². The molecule has 13 heteroatoms. The van der Waals surface area contributed by atoms with Gasteiger partial charge in [0, 0.05) is 45.1 Å².